The fourth-order valence-corrected chi connectivity index (χ4v) is 4.85. The van der Waals surface area contributed by atoms with E-state index in [9.17, 15) is 8.78 Å². The van der Waals surface area contributed by atoms with Gasteiger partial charge in [0, 0.05) is 5.56 Å². The molecule has 1 saturated carbocycles. The highest BCUT2D eigenvalue weighted by molar-refractivity contribution is 5.89. The molecule has 0 aromatic heterocycles. The molecule has 4 rings (SSSR count). The fraction of sp³-hybridized carbons (Fsp3) is 0.357. The maximum Gasteiger partial charge on any atom is 0.169 e. The second-order valence-electron chi connectivity index (χ2n) is 8.79. The van der Waals surface area contributed by atoms with Crippen molar-refractivity contribution in [1.82, 2.24) is 0 Å². The van der Waals surface area contributed by atoms with Gasteiger partial charge in [0.15, 0.2) is 11.6 Å². The van der Waals surface area contributed by atoms with Crippen molar-refractivity contribution in [2.24, 2.45) is 11.8 Å². The molecule has 0 spiro atoms. The molecular formula is C28H29F3. The first-order valence-electron chi connectivity index (χ1n) is 11.3. The molecule has 0 heterocycles. The second-order valence-corrected chi connectivity index (χ2v) is 8.79. The minimum absolute atomic E-state index is 0.263. The third kappa shape index (κ3) is 4.42. The van der Waals surface area contributed by atoms with E-state index in [-0.39, 0.29) is 10.9 Å². The lowest BCUT2D eigenvalue weighted by atomic mass is 9.79. The van der Waals surface area contributed by atoms with Crippen LogP contribution >= 0.6 is 0 Å². The molecule has 0 N–H and O–H groups in total. The van der Waals surface area contributed by atoms with Crippen molar-refractivity contribution in [3.05, 3.63) is 83.7 Å². The molecule has 0 nitrogen and oxygen atoms in total. The summed E-state index contributed by atoms with van der Waals surface area (Å²) in [5.74, 6) is -1.32. The van der Waals surface area contributed by atoms with Crippen LogP contribution in [-0.2, 0) is 12.8 Å². The second kappa shape index (κ2) is 9.30. The number of hydrogen-bond acceptors (Lipinski definition) is 0. The molecule has 3 aromatic rings. The van der Waals surface area contributed by atoms with E-state index in [0.717, 1.165) is 18.8 Å². The Balaban J connectivity index is 1.52. The summed E-state index contributed by atoms with van der Waals surface area (Å²) in [5.41, 5.74) is 2.46. The van der Waals surface area contributed by atoms with Crippen molar-refractivity contribution in [3.63, 3.8) is 0 Å². The minimum Gasteiger partial charge on any atom is -0.206 e. The quantitative estimate of drug-likeness (QED) is 0.350. The van der Waals surface area contributed by atoms with E-state index in [1.807, 2.05) is 24.3 Å². The monoisotopic (exact) mass is 422 g/mol. The average Bonchev–Trinajstić information content (AvgIpc) is 2.81. The molecule has 1 fully saturated rings. The number of fused-ring (bicyclic) bond motifs is 1. The Labute approximate surface area is 182 Å². The molecule has 0 aliphatic heterocycles. The van der Waals surface area contributed by atoms with Crippen molar-refractivity contribution < 1.29 is 13.2 Å². The van der Waals surface area contributed by atoms with Crippen LogP contribution in [0.4, 0.5) is 13.2 Å². The normalized spacial score (nSPS) is 19.0. The largest absolute Gasteiger partial charge is 0.206 e. The molecule has 1 aliphatic carbocycles. The average molecular weight is 423 g/mol. The van der Waals surface area contributed by atoms with Gasteiger partial charge in [-0.25, -0.2) is 13.2 Å². The van der Waals surface area contributed by atoms with Gasteiger partial charge in [0.25, 0.3) is 0 Å². The van der Waals surface area contributed by atoms with Gasteiger partial charge >= 0.3 is 0 Å². The lowest BCUT2D eigenvalue weighted by Crippen LogP contribution is -2.13. The summed E-state index contributed by atoms with van der Waals surface area (Å²) in [5, 5.41) is 0.117. The number of halogens is 3. The molecule has 0 saturated heterocycles. The van der Waals surface area contributed by atoms with Crippen molar-refractivity contribution in [2.75, 3.05) is 0 Å². The first kappa shape index (κ1) is 21.7. The molecule has 31 heavy (non-hydrogen) atoms. The van der Waals surface area contributed by atoms with Gasteiger partial charge in [-0.3, -0.25) is 0 Å². The van der Waals surface area contributed by atoms with E-state index in [1.165, 1.54) is 37.3 Å². The molecule has 3 heteroatoms. The van der Waals surface area contributed by atoms with E-state index in [0.29, 0.717) is 28.9 Å². The maximum absolute atomic E-state index is 15.2. The van der Waals surface area contributed by atoms with Gasteiger partial charge in [-0.1, -0.05) is 49.4 Å². The zero-order chi connectivity index (χ0) is 22.0. The first-order valence-corrected chi connectivity index (χ1v) is 11.3. The summed E-state index contributed by atoms with van der Waals surface area (Å²) in [6, 6.07) is 12.7. The highest BCUT2D eigenvalue weighted by atomic mass is 19.2. The Morgan fingerprint density at radius 2 is 1.61 bits per heavy atom. The summed E-state index contributed by atoms with van der Waals surface area (Å²) < 4.78 is 44.0. The zero-order valence-corrected chi connectivity index (χ0v) is 18.1. The van der Waals surface area contributed by atoms with Crippen LogP contribution in [0.25, 0.3) is 21.9 Å². The standard InChI is InChI=1S/C28H29F3/c1-3-18-5-7-19(8-6-18)9-10-20-11-13-22(14-12-20)24-16-15-23-17-21(4-2)26(29)28(31)25(23)27(24)30/h3,11-19H,1,4-10H2,2H3. The third-order valence-electron chi connectivity index (χ3n) is 6.91. The molecule has 3 aromatic carbocycles. The zero-order valence-electron chi connectivity index (χ0n) is 18.1. The number of aryl methyl sites for hydroxylation is 2. The predicted octanol–water partition coefficient (Wildman–Crippen LogP) is 8.41. The Bertz CT molecular complexity index is 1070. The smallest absolute Gasteiger partial charge is 0.169 e. The van der Waals surface area contributed by atoms with Gasteiger partial charge in [-0.05, 0) is 84.9 Å². The summed E-state index contributed by atoms with van der Waals surface area (Å²) in [6.07, 6.45) is 9.62. The summed E-state index contributed by atoms with van der Waals surface area (Å²) in [7, 11) is 0. The molecule has 0 bridgehead atoms. The van der Waals surface area contributed by atoms with E-state index < -0.39 is 17.5 Å². The lowest BCUT2D eigenvalue weighted by molar-refractivity contribution is 0.296. The Morgan fingerprint density at radius 3 is 2.26 bits per heavy atom. The molecular weight excluding hydrogens is 393 g/mol. The van der Waals surface area contributed by atoms with Gasteiger partial charge in [0.2, 0.25) is 0 Å². The fourth-order valence-electron chi connectivity index (χ4n) is 4.85. The van der Waals surface area contributed by atoms with Crippen molar-refractivity contribution >= 4 is 10.8 Å². The number of hydrogen-bond donors (Lipinski definition) is 0. The van der Waals surface area contributed by atoms with Crippen LogP contribution in [0.2, 0.25) is 0 Å². The minimum atomic E-state index is -1.10. The van der Waals surface area contributed by atoms with Crippen LogP contribution < -0.4 is 0 Å². The van der Waals surface area contributed by atoms with Crippen LogP contribution in [0.5, 0.6) is 0 Å². The SMILES string of the molecule is C=CC1CCC(CCc2ccc(-c3ccc4cc(CC)c(F)c(F)c4c3F)cc2)CC1. The van der Waals surface area contributed by atoms with Gasteiger partial charge in [-0.15, -0.1) is 6.58 Å². The summed E-state index contributed by atoms with van der Waals surface area (Å²) in [4.78, 5) is 0. The van der Waals surface area contributed by atoms with Gasteiger partial charge < -0.3 is 0 Å². The highest BCUT2D eigenvalue weighted by Gasteiger charge is 2.20. The van der Waals surface area contributed by atoms with Crippen LogP contribution in [0, 0.1) is 29.3 Å². The topological polar surface area (TPSA) is 0 Å². The maximum atomic E-state index is 15.2. The van der Waals surface area contributed by atoms with Gasteiger partial charge in [-0.2, -0.15) is 0 Å². The van der Waals surface area contributed by atoms with E-state index in [1.54, 1.807) is 19.1 Å². The summed E-state index contributed by atoms with van der Waals surface area (Å²) >= 11 is 0. The van der Waals surface area contributed by atoms with Crippen LogP contribution in [0.1, 0.15) is 50.2 Å². The molecule has 1 aliphatic rings. The Kier molecular flexibility index (Phi) is 6.50. The Hall–Kier alpha value is -2.55. The number of allylic oxidation sites excluding steroid dienone is 1. The lowest BCUT2D eigenvalue weighted by Gasteiger charge is -2.26. The molecule has 0 radical (unpaired) electrons. The molecule has 162 valence electrons. The van der Waals surface area contributed by atoms with Crippen LogP contribution in [0.3, 0.4) is 0 Å². The van der Waals surface area contributed by atoms with Gasteiger partial charge in [0.1, 0.15) is 5.82 Å². The first-order chi connectivity index (χ1) is 15.0. The molecule has 0 unspecified atom stereocenters. The number of rotatable bonds is 6. The highest BCUT2D eigenvalue weighted by Crippen LogP contribution is 2.34. The van der Waals surface area contributed by atoms with Crippen molar-refractivity contribution in [3.8, 4) is 11.1 Å². The molecule has 0 amide bonds. The van der Waals surface area contributed by atoms with Crippen LogP contribution in [0.15, 0.2) is 55.1 Å². The third-order valence-corrected chi connectivity index (χ3v) is 6.91. The molecule has 0 atom stereocenters. The summed E-state index contributed by atoms with van der Waals surface area (Å²) in [6.45, 7) is 5.66. The Morgan fingerprint density at radius 1 is 0.903 bits per heavy atom. The number of benzene rings is 3. The van der Waals surface area contributed by atoms with Crippen molar-refractivity contribution in [2.45, 2.75) is 51.9 Å². The van der Waals surface area contributed by atoms with Crippen molar-refractivity contribution in [1.29, 1.82) is 0 Å². The van der Waals surface area contributed by atoms with E-state index >= 15 is 4.39 Å². The predicted molar refractivity (Wildman–Crippen MR) is 123 cm³/mol. The van der Waals surface area contributed by atoms with E-state index in [2.05, 4.69) is 12.7 Å². The van der Waals surface area contributed by atoms with E-state index in [4.69, 9.17) is 0 Å². The van der Waals surface area contributed by atoms with Gasteiger partial charge in [0.05, 0.1) is 5.39 Å². The van der Waals surface area contributed by atoms with Crippen LogP contribution in [-0.4, -0.2) is 0 Å².